The molecule has 68 valence electrons. The van der Waals surface area contributed by atoms with Crippen molar-refractivity contribution in [2.24, 2.45) is 0 Å². The normalized spacial score (nSPS) is 12.3. The summed E-state index contributed by atoms with van der Waals surface area (Å²) in [4.78, 5) is 0. The molecule has 0 aromatic heterocycles. The van der Waals surface area contributed by atoms with Crippen LogP contribution in [0.1, 0.15) is 20.8 Å². The first-order chi connectivity index (χ1) is 4.93. The fourth-order valence-corrected chi connectivity index (χ4v) is 7.02. The van der Waals surface area contributed by atoms with Crippen LogP contribution in [0.15, 0.2) is 0 Å². The zero-order valence-electron chi connectivity index (χ0n) is 8.25. The van der Waals surface area contributed by atoms with Crippen molar-refractivity contribution in [1.29, 1.82) is 0 Å². The van der Waals surface area contributed by atoms with Crippen LogP contribution in [0.25, 0.3) is 0 Å². The van der Waals surface area contributed by atoms with Crippen LogP contribution in [0.5, 0.6) is 0 Å². The molecule has 3 nitrogen and oxygen atoms in total. The molecule has 0 radical (unpaired) electrons. The van der Waals surface area contributed by atoms with Crippen LogP contribution in [0.3, 0.4) is 0 Å². The number of hydrogen-bond acceptors (Lipinski definition) is 3. The Morgan fingerprint density at radius 2 is 1.33 bits per heavy atom. The Hall–Kier alpha value is 1.13. The van der Waals surface area contributed by atoms with Gasteiger partial charge in [-0.25, -0.2) is 8.42 Å². The minimum absolute atomic E-state index is 0. The van der Waals surface area contributed by atoms with E-state index < -0.39 is 16.8 Å². The van der Waals surface area contributed by atoms with Gasteiger partial charge in [-0.15, -0.1) is 0 Å². The van der Waals surface area contributed by atoms with E-state index in [-0.39, 0.29) is 29.6 Å². The smallest absolute Gasteiger partial charge is 0.753 e. The minimum atomic E-state index is -3.99. The average Bonchev–Trinajstić information content (AvgIpc) is 1.90. The molecule has 0 aromatic rings. The zero-order chi connectivity index (χ0) is 9.12. The molecule has 0 N–H and O–H groups in total. The summed E-state index contributed by atoms with van der Waals surface area (Å²) in [6.45, 7) is 5.40. The van der Waals surface area contributed by atoms with Gasteiger partial charge in [0.05, 0.1) is 9.57 Å². The molecule has 0 saturated carbocycles. The van der Waals surface area contributed by atoms with Crippen molar-refractivity contribution in [3.63, 3.8) is 0 Å². The average molecular weight is 218 g/mol. The molecule has 6 heteroatoms. The standard InChI is InChI=1S/C6H16O3SSi.Na/c1-4-11(5-2,6-3)10(7,8)9;/h4-6H2,1-3H3,(H,7,8,9);/q;+1/p-1. The fourth-order valence-electron chi connectivity index (χ4n) is 1.28. The van der Waals surface area contributed by atoms with Gasteiger partial charge in [-0.1, -0.05) is 20.8 Å². The maximum absolute atomic E-state index is 10.9. The summed E-state index contributed by atoms with van der Waals surface area (Å²) in [5.41, 5.74) is 0. The summed E-state index contributed by atoms with van der Waals surface area (Å²) in [7, 11) is -6.49. The van der Waals surface area contributed by atoms with Crippen LogP contribution in [-0.2, 0) is 9.57 Å². The maximum atomic E-state index is 10.9. The molecule has 0 rings (SSSR count). The summed E-state index contributed by atoms with van der Waals surface area (Å²) < 4.78 is 32.6. The Balaban J connectivity index is 0. The SMILES string of the molecule is CC[Si](CC)(CC)S(=O)(=O)[O-].[Na+]. The molecule has 0 aliphatic rings. The van der Waals surface area contributed by atoms with E-state index in [9.17, 15) is 13.0 Å². The van der Waals surface area contributed by atoms with Gasteiger partial charge in [0, 0.05) is 0 Å². The number of hydrogen-bond donors (Lipinski definition) is 0. The molecule has 0 heterocycles. The molecular weight excluding hydrogens is 203 g/mol. The maximum Gasteiger partial charge on any atom is 1.00 e. The van der Waals surface area contributed by atoms with Crippen molar-refractivity contribution in [2.75, 3.05) is 0 Å². The summed E-state index contributed by atoms with van der Waals surface area (Å²) in [6, 6.07) is 1.64. The molecule has 0 unspecified atom stereocenters. The second-order valence-electron chi connectivity index (χ2n) is 2.70. The topological polar surface area (TPSA) is 57.2 Å². The van der Waals surface area contributed by atoms with Gasteiger partial charge in [0.25, 0.3) is 0 Å². The Morgan fingerprint density at radius 1 is 1.08 bits per heavy atom. The van der Waals surface area contributed by atoms with Crippen LogP contribution < -0.4 is 29.6 Å². The first-order valence-corrected chi connectivity index (χ1v) is 8.64. The van der Waals surface area contributed by atoms with Crippen LogP contribution in [0, 0.1) is 0 Å². The third-order valence-corrected chi connectivity index (χ3v) is 13.2. The van der Waals surface area contributed by atoms with Gasteiger partial charge in [-0.3, -0.25) is 0 Å². The molecule has 12 heavy (non-hydrogen) atoms. The Kier molecular flexibility index (Phi) is 7.50. The van der Waals surface area contributed by atoms with Gasteiger partial charge in [0.1, 0.15) is 0 Å². The first-order valence-electron chi connectivity index (χ1n) is 3.89. The van der Waals surface area contributed by atoms with E-state index in [1.54, 1.807) is 20.8 Å². The van der Waals surface area contributed by atoms with Crippen molar-refractivity contribution in [2.45, 2.75) is 38.9 Å². The van der Waals surface area contributed by atoms with Crippen molar-refractivity contribution >= 4 is 16.8 Å². The Morgan fingerprint density at radius 3 is 1.33 bits per heavy atom. The van der Waals surface area contributed by atoms with Gasteiger partial charge in [-0.05, 0) is 18.1 Å². The van der Waals surface area contributed by atoms with Crippen LogP contribution in [0.4, 0.5) is 0 Å². The van der Waals surface area contributed by atoms with Crippen molar-refractivity contribution in [1.82, 2.24) is 0 Å². The Bertz CT molecular complexity index is 203. The monoisotopic (exact) mass is 218 g/mol. The largest absolute Gasteiger partial charge is 1.00 e. The van der Waals surface area contributed by atoms with Crippen molar-refractivity contribution in [3.8, 4) is 0 Å². The quantitative estimate of drug-likeness (QED) is 0.428. The predicted molar refractivity (Wildman–Crippen MR) is 46.9 cm³/mol. The molecule has 0 aliphatic heterocycles. The predicted octanol–water partition coefficient (Wildman–Crippen LogP) is -1.46. The zero-order valence-corrected chi connectivity index (χ0v) is 12.1. The summed E-state index contributed by atoms with van der Waals surface area (Å²) in [5.74, 6) is 0. The molecule has 0 saturated heterocycles. The van der Waals surface area contributed by atoms with E-state index >= 15 is 0 Å². The van der Waals surface area contributed by atoms with E-state index in [1.165, 1.54) is 0 Å². The van der Waals surface area contributed by atoms with E-state index in [0.29, 0.717) is 18.1 Å². The first kappa shape index (κ1) is 15.6. The van der Waals surface area contributed by atoms with E-state index in [2.05, 4.69) is 0 Å². The van der Waals surface area contributed by atoms with E-state index in [4.69, 9.17) is 0 Å². The van der Waals surface area contributed by atoms with Crippen LogP contribution >= 0.6 is 0 Å². The van der Waals surface area contributed by atoms with Crippen molar-refractivity contribution < 1.29 is 42.5 Å². The third kappa shape index (κ3) is 3.12. The molecule has 0 bridgehead atoms. The summed E-state index contributed by atoms with van der Waals surface area (Å²) >= 11 is 0. The van der Waals surface area contributed by atoms with Gasteiger partial charge < -0.3 is 4.55 Å². The van der Waals surface area contributed by atoms with Gasteiger partial charge in [0.15, 0.2) is 7.22 Å². The molecule has 0 aromatic carbocycles. The van der Waals surface area contributed by atoms with E-state index in [1.807, 2.05) is 0 Å². The molecule has 0 spiro atoms. The fraction of sp³-hybridized carbons (Fsp3) is 1.00. The molecule has 0 atom stereocenters. The van der Waals surface area contributed by atoms with Crippen LogP contribution in [0.2, 0.25) is 18.1 Å². The second-order valence-corrected chi connectivity index (χ2v) is 12.2. The summed E-state index contributed by atoms with van der Waals surface area (Å²) in [6.07, 6.45) is 0. The molecule has 0 amide bonds. The molecule has 0 aliphatic carbocycles. The van der Waals surface area contributed by atoms with Crippen LogP contribution in [-0.4, -0.2) is 20.2 Å². The van der Waals surface area contributed by atoms with Gasteiger partial charge in [0.2, 0.25) is 0 Å². The Labute approximate surface area is 97.6 Å². The summed E-state index contributed by atoms with van der Waals surface area (Å²) in [5, 5.41) is 0. The van der Waals surface area contributed by atoms with E-state index in [0.717, 1.165) is 0 Å². The minimum Gasteiger partial charge on any atom is -0.753 e. The second kappa shape index (κ2) is 5.77. The molecule has 0 fully saturated rings. The third-order valence-electron chi connectivity index (χ3n) is 2.46. The molecular formula is C6H15NaO3SSi. The van der Waals surface area contributed by atoms with Gasteiger partial charge >= 0.3 is 29.6 Å². The van der Waals surface area contributed by atoms with Gasteiger partial charge in [-0.2, -0.15) is 0 Å². The number of rotatable bonds is 4. The van der Waals surface area contributed by atoms with Crippen molar-refractivity contribution in [3.05, 3.63) is 0 Å².